The molecule has 0 aromatic heterocycles. The zero-order valence-electron chi connectivity index (χ0n) is 20.9. The average molecular weight is 491 g/mol. The summed E-state index contributed by atoms with van der Waals surface area (Å²) in [4.78, 5) is 21.4. The number of hydrogen-bond donors (Lipinski definition) is 4. The minimum atomic E-state index is -4.67. The Morgan fingerprint density at radius 2 is 0.969 bits per heavy atom. The van der Waals surface area contributed by atoms with E-state index in [2.05, 4.69) is 6.92 Å². The molecule has 0 saturated heterocycles. The molecule has 0 aromatic rings. The van der Waals surface area contributed by atoms with Gasteiger partial charge in [-0.25, -0.2) is 9.59 Å². The summed E-state index contributed by atoms with van der Waals surface area (Å²) in [7, 11) is -4.67. The molecule has 0 aromatic carbocycles. The van der Waals surface area contributed by atoms with Crippen LogP contribution in [0.1, 0.15) is 118 Å². The molecule has 0 heterocycles. The number of carboxylic acids is 2. The second-order valence-electron chi connectivity index (χ2n) is 7.81. The first kappa shape index (κ1) is 36.1. The van der Waals surface area contributed by atoms with Gasteiger partial charge in [0.2, 0.25) is 0 Å². The van der Waals surface area contributed by atoms with Crippen molar-refractivity contribution in [2.24, 2.45) is 0 Å². The number of carboxylic acid groups (broad SMARTS) is 2. The van der Waals surface area contributed by atoms with Crippen LogP contribution in [-0.4, -0.2) is 39.7 Å². The van der Waals surface area contributed by atoms with Crippen LogP contribution in [0.25, 0.3) is 0 Å². The summed E-state index contributed by atoms with van der Waals surface area (Å²) in [6.07, 6.45) is 21.6. The molecule has 0 bridgehead atoms. The number of rotatable bonds is 19. The Morgan fingerprint density at radius 3 is 1.22 bits per heavy atom. The van der Waals surface area contributed by atoms with Crippen LogP contribution >= 0.6 is 0 Å². The molecule has 32 heavy (non-hydrogen) atoms. The molecule has 8 nitrogen and oxygen atoms in total. The molecule has 0 spiro atoms. The predicted molar refractivity (Wildman–Crippen MR) is 123 cm³/mol. The van der Waals surface area contributed by atoms with E-state index in [4.69, 9.17) is 27.7 Å². The Balaban J connectivity index is -0.000000539. The van der Waals surface area contributed by atoms with E-state index < -0.39 is 22.3 Å². The standard InChI is InChI=1S/C22H40O4.Na.H2O4S.H/c1-2-3-4-5-6-7-8-9-10-11-12-13-14-15-16-17-18-20(22(25)26)19-21(23)24;;1-5(2,3)4;/h19H,2-18H2,1H3,(H,23,24)(H,25,26);;(H2,1,2,3,4);/q;+1;;-1. The van der Waals surface area contributed by atoms with Gasteiger partial charge in [-0.05, 0) is 12.8 Å². The van der Waals surface area contributed by atoms with E-state index in [0.717, 1.165) is 25.3 Å². The normalized spacial score (nSPS) is 11.3. The average Bonchev–Trinajstić information content (AvgIpc) is 2.65. The van der Waals surface area contributed by atoms with Crippen LogP contribution < -0.4 is 29.6 Å². The van der Waals surface area contributed by atoms with Gasteiger partial charge in [-0.1, -0.05) is 103 Å². The van der Waals surface area contributed by atoms with E-state index in [1.54, 1.807) is 0 Å². The summed E-state index contributed by atoms with van der Waals surface area (Å²) in [5.41, 5.74) is 0.00265. The van der Waals surface area contributed by atoms with Gasteiger partial charge < -0.3 is 11.6 Å². The van der Waals surface area contributed by atoms with Gasteiger partial charge in [-0.2, -0.15) is 8.42 Å². The molecule has 0 rings (SSSR count). The van der Waals surface area contributed by atoms with Crippen LogP contribution in [0.4, 0.5) is 0 Å². The quantitative estimate of drug-likeness (QED) is 0.0933. The third-order valence-electron chi connectivity index (χ3n) is 4.87. The summed E-state index contributed by atoms with van der Waals surface area (Å²) in [6.45, 7) is 2.26. The van der Waals surface area contributed by atoms with Crippen molar-refractivity contribution in [2.45, 2.75) is 116 Å². The third kappa shape index (κ3) is 36.9. The molecule has 0 aliphatic carbocycles. The van der Waals surface area contributed by atoms with Gasteiger partial charge in [0.05, 0.1) is 0 Å². The Morgan fingerprint density at radius 1 is 0.688 bits per heavy atom. The fourth-order valence-electron chi connectivity index (χ4n) is 3.25. The van der Waals surface area contributed by atoms with E-state index in [-0.39, 0.29) is 36.6 Å². The third-order valence-corrected chi connectivity index (χ3v) is 4.87. The summed E-state index contributed by atoms with van der Waals surface area (Å²) in [5.74, 6) is -2.30. The Kier molecular flexibility index (Phi) is 28.4. The first-order valence-electron chi connectivity index (χ1n) is 11.4. The molecule has 0 radical (unpaired) electrons. The second kappa shape index (κ2) is 25.2. The smallest absolute Gasteiger partial charge is 1.00 e. The molecule has 0 aliphatic heterocycles. The molecular weight excluding hydrogens is 447 g/mol. The number of carbonyl (C=O) groups is 2. The van der Waals surface area contributed by atoms with Crippen molar-refractivity contribution < 1.29 is 68.3 Å². The molecule has 0 aliphatic rings. The monoisotopic (exact) mass is 490 g/mol. The largest absolute Gasteiger partial charge is 1.00 e. The fourth-order valence-corrected chi connectivity index (χ4v) is 3.25. The van der Waals surface area contributed by atoms with Gasteiger partial charge in [0.25, 0.3) is 0 Å². The maximum Gasteiger partial charge on any atom is 1.00 e. The summed E-state index contributed by atoms with van der Waals surface area (Å²) in [6, 6.07) is 0. The van der Waals surface area contributed by atoms with Crippen molar-refractivity contribution in [3.05, 3.63) is 11.6 Å². The van der Waals surface area contributed by atoms with Gasteiger partial charge in [-0.15, -0.1) is 0 Å². The maximum atomic E-state index is 10.9. The molecule has 4 N–H and O–H groups in total. The summed E-state index contributed by atoms with van der Waals surface area (Å²) in [5, 5.41) is 17.5. The van der Waals surface area contributed by atoms with Gasteiger partial charge in [0, 0.05) is 11.6 Å². The molecular formula is C22H43NaO8S. The molecule has 0 saturated carbocycles. The molecule has 0 atom stereocenters. The van der Waals surface area contributed by atoms with E-state index in [0.29, 0.717) is 6.42 Å². The summed E-state index contributed by atoms with van der Waals surface area (Å²) < 4.78 is 31.6. The second-order valence-corrected chi connectivity index (χ2v) is 8.71. The maximum absolute atomic E-state index is 10.9. The Bertz CT molecular complexity index is 589. The van der Waals surface area contributed by atoms with Crippen LogP contribution in [-0.2, 0) is 20.0 Å². The fraction of sp³-hybridized carbons (Fsp3) is 0.818. The zero-order chi connectivity index (χ0) is 24.0. The minimum absolute atomic E-state index is 0. The van der Waals surface area contributed by atoms with E-state index >= 15 is 0 Å². The zero-order valence-corrected chi connectivity index (χ0v) is 22.7. The Labute approximate surface area is 217 Å². The van der Waals surface area contributed by atoms with Crippen molar-refractivity contribution in [1.82, 2.24) is 0 Å². The van der Waals surface area contributed by atoms with E-state index in [1.807, 2.05) is 0 Å². The molecule has 0 fully saturated rings. The topological polar surface area (TPSA) is 149 Å². The van der Waals surface area contributed by atoms with Crippen molar-refractivity contribution in [3.8, 4) is 0 Å². The van der Waals surface area contributed by atoms with Crippen molar-refractivity contribution in [3.63, 3.8) is 0 Å². The van der Waals surface area contributed by atoms with E-state index in [9.17, 15) is 9.59 Å². The van der Waals surface area contributed by atoms with Gasteiger partial charge in [0.1, 0.15) is 0 Å². The van der Waals surface area contributed by atoms with Gasteiger partial charge in [0.15, 0.2) is 0 Å². The molecule has 0 unspecified atom stereocenters. The first-order valence-corrected chi connectivity index (χ1v) is 12.8. The number of hydrogen-bond acceptors (Lipinski definition) is 4. The predicted octanol–water partition coefficient (Wildman–Crippen LogP) is 3.20. The number of unbranched alkanes of at least 4 members (excludes halogenated alkanes) is 15. The van der Waals surface area contributed by atoms with Gasteiger partial charge in [-0.3, -0.25) is 9.11 Å². The van der Waals surface area contributed by atoms with E-state index in [1.165, 1.54) is 83.5 Å². The van der Waals surface area contributed by atoms with Crippen LogP contribution in [0.5, 0.6) is 0 Å². The van der Waals surface area contributed by atoms with Gasteiger partial charge >= 0.3 is 51.9 Å². The minimum Gasteiger partial charge on any atom is -1.00 e. The van der Waals surface area contributed by atoms with Crippen LogP contribution in [0.15, 0.2) is 11.6 Å². The summed E-state index contributed by atoms with van der Waals surface area (Å²) >= 11 is 0. The SMILES string of the molecule is CCCCCCCCCCCCCCCCCCC(=CC(=O)O)C(=O)O.O=S(=O)(O)O.[H-].[Na+]. The van der Waals surface area contributed by atoms with Crippen LogP contribution in [0.3, 0.4) is 0 Å². The van der Waals surface area contributed by atoms with Crippen molar-refractivity contribution in [2.75, 3.05) is 0 Å². The van der Waals surface area contributed by atoms with Crippen LogP contribution in [0, 0.1) is 0 Å². The van der Waals surface area contributed by atoms with Crippen molar-refractivity contribution >= 4 is 22.3 Å². The van der Waals surface area contributed by atoms with Crippen molar-refractivity contribution in [1.29, 1.82) is 0 Å². The molecule has 10 heteroatoms. The van der Waals surface area contributed by atoms with Crippen LogP contribution in [0.2, 0.25) is 0 Å². The first-order chi connectivity index (χ1) is 14.6. The number of aliphatic carboxylic acids is 2. The molecule has 186 valence electrons. The molecule has 0 amide bonds. The Hall–Kier alpha value is -0.450.